The molecule has 0 radical (unpaired) electrons. The smallest absolute Gasteiger partial charge is 0.313 e. The molecule has 0 heterocycles. The molecule has 0 spiro atoms. The number of aryl methyl sites for hydroxylation is 1. The fraction of sp³-hybridized carbons (Fsp3) is 0.385. The molecule has 3 nitrogen and oxygen atoms in total. The summed E-state index contributed by atoms with van der Waals surface area (Å²) in [5.41, 5.74) is 1.73. The first-order valence-corrected chi connectivity index (χ1v) is 5.45. The normalized spacial score (nSPS) is 9.88. The van der Waals surface area contributed by atoms with Crippen molar-refractivity contribution in [1.82, 2.24) is 0 Å². The number of Topliss-reactive ketones (excluding diaryl/α,β-unsaturated/α-hetero) is 1. The van der Waals surface area contributed by atoms with Crippen LogP contribution < -0.4 is 0 Å². The summed E-state index contributed by atoms with van der Waals surface area (Å²) >= 11 is 0. The van der Waals surface area contributed by atoms with Gasteiger partial charge in [-0.2, -0.15) is 0 Å². The van der Waals surface area contributed by atoms with Crippen LogP contribution in [0, 0.1) is 0 Å². The highest BCUT2D eigenvalue weighted by Crippen LogP contribution is 2.08. The van der Waals surface area contributed by atoms with E-state index in [2.05, 4.69) is 6.92 Å². The Morgan fingerprint density at radius 2 is 1.75 bits per heavy atom. The number of rotatable bonds is 5. The zero-order chi connectivity index (χ0) is 12.0. The number of benzene rings is 1. The van der Waals surface area contributed by atoms with E-state index < -0.39 is 5.97 Å². The van der Waals surface area contributed by atoms with Crippen LogP contribution >= 0.6 is 0 Å². The quantitative estimate of drug-likeness (QED) is 0.434. The Balaban J connectivity index is 2.62. The van der Waals surface area contributed by atoms with Gasteiger partial charge in [-0.3, -0.25) is 9.59 Å². The molecule has 0 aromatic heterocycles. The van der Waals surface area contributed by atoms with Crippen LogP contribution in [0.15, 0.2) is 24.3 Å². The maximum atomic E-state index is 11.6. The van der Waals surface area contributed by atoms with Crippen LogP contribution in [-0.2, 0) is 16.0 Å². The van der Waals surface area contributed by atoms with E-state index in [9.17, 15) is 9.59 Å². The van der Waals surface area contributed by atoms with Crippen molar-refractivity contribution in [2.24, 2.45) is 0 Å². The number of hydrogen-bond donors (Lipinski definition) is 0. The highest BCUT2D eigenvalue weighted by Gasteiger charge is 2.12. The lowest BCUT2D eigenvalue weighted by atomic mass is 10.1. The molecule has 1 aromatic rings. The lowest BCUT2D eigenvalue weighted by Gasteiger charge is -2.02. The Hall–Kier alpha value is -1.64. The summed E-state index contributed by atoms with van der Waals surface area (Å²) < 4.78 is 4.72. The third-order valence-corrected chi connectivity index (χ3v) is 2.29. The van der Waals surface area contributed by atoms with Gasteiger partial charge in [0.15, 0.2) is 5.78 Å². The summed E-state index contributed by atoms with van der Waals surface area (Å²) in [7, 11) is 0. The van der Waals surface area contributed by atoms with Gasteiger partial charge >= 0.3 is 5.97 Å². The Kier molecular flexibility index (Phi) is 4.70. The Labute approximate surface area is 95.4 Å². The molecule has 0 amide bonds. The van der Waals surface area contributed by atoms with Gasteiger partial charge in [-0.25, -0.2) is 0 Å². The van der Waals surface area contributed by atoms with Gasteiger partial charge in [-0.15, -0.1) is 0 Å². The van der Waals surface area contributed by atoms with Crippen molar-refractivity contribution in [2.45, 2.75) is 26.7 Å². The molecule has 0 unspecified atom stereocenters. The van der Waals surface area contributed by atoms with Crippen molar-refractivity contribution in [1.29, 1.82) is 0 Å². The topological polar surface area (TPSA) is 43.4 Å². The van der Waals surface area contributed by atoms with Gasteiger partial charge in [0.2, 0.25) is 0 Å². The van der Waals surface area contributed by atoms with E-state index in [-0.39, 0.29) is 12.2 Å². The summed E-state index contributed by atoms with van der Waals surface area (Å²) in [5, 5.41) is 0. The second-order valence-electron chi connectivity index (χ2n) is 3.46. The van der Waals surface area contributed by atoms with Crippen LogP contribution in [0.5, 0.6) is 0 Å². The molecule has 0 saturated carbocycles. The zero-order valence-electron chi connectivity index (χ0n) is 9.66. The molecule has 0 bridgehead atoms. The van der Waals surface area contributed by atoms with Gasteiger partial charge in [0.05, 0.1) is 6.61 Å². The molecule has 86 valence electrons. The van der Waals surface area contributed by atoms with E-state index in [0.717, 1.165) is 6.42 Å². The SMILES string of the molecule is CCOC(=O)CC(=O)c1ccc(CC)cc1. The predicted molar refractivity (Wildman–Crippen MR) is 61.4 cm³/mol. The van der Waals surface area contributed by atoms with Crippen LogP contribution in [0.4, 0.5) is 0 Å². The van der Waals surface area contributed by atoms with Crippen molar-refractivity contribution in [3.63, 3.8) is 0 Å². The summed E-state index contributed by atoms with van der Waals surface area (Å²) in [6.07, 6.45) is 0.756. The molecule has 1 rings (SSSR count). The summed E-state index contributed by atoms with van der Waals surface area (Å²) in [4.78, 5) is 22.7. The molecular formula is C13H16O3. The first-order chi connectivity index (χ1) is 7.67. The Bertz CT molecular complexity index is 365. The van der Waals surface area contributed by atoms with Crippen LogP contribution in [0.1, 0.15) is 36.2 Å². The highest BCUT2D eigenvalue weighted by molar-refractivity contribution is 6.05. The number of carbonyl (C=O) groups is 2. The molecule has 0 aliphatic carbocycles. The van der Waals surface area contributed by atoms with Crippen LogP contribution in [0.3, 0.4) is 0 Å². The second-order valence-corrected chi connectivity index (χ2v) is 3.46. The van der Waals surface area contributed by atoms with Gasteiger partial charge in [0.25, 0.3) is 0 Å². The molecule has 3 heteroatoms. The summed E-state index contributed by atoms with van der Waals surface area (Å²) in [6, 6.07) is 7.30. The van der Waals surface area contributed by atoms with Crippen molar-refractivity contribution < 1.29 is 14.3 Å². The van der Waals surface area contributed by atoms with Gasteiger partial charge < -0.3 is 4.74 Å². The molecule has 16 heavy (non-hydrogen) atoms. The molecule has 0 saturated heterocycles. The van der Waals surface area contributed by atoms with Crippen LogP contribution in [0.25, 0.3) is 0 Å². The lowest BCUT2D eigenvalue weighted by Crippen LogP contribution is -2.11. The minimum atomic E-state index is -0.466. The summed E-state index contributed by atoms with van der Waals surface area (Å²) in [5.74, 6) is -0.659. The third-order valence-electron chi connectivity index (χ3n) is 2.29. The minimum Gasteiger partial charge on any atom is -0.466 e. The maximum absolute atomic E-state index is 11.6. The minimum absolute atomic E-state index is 0.181. The van der Waals surface area contributed by atoms with E-state index in [0.29, 0.717) is 12.2 Å². The predicted octanol–water partition coefficient (Wildman–Crippen LogP) is 2.38. The molecule has 0 aliphatic rings. The molecular weight excluding hydrogens is 204 g/mol. The summed E-state index contributed by atoms with van der Waals surface area (Å²) in [6.45, 7) is 4.08. The average molecular weight is 220 g/mol. The largest absolute Gasteiger partial charge is 0.466 e. The molecule has 0 fully saturated rings. The van der Waals surface area contributed by atoms with Crippen molar-refractivity contribution in [3.8, 4) is 0 Å². The van der Waals surface area contributed by atoms with Crippen LogP contribution in [0.2, 0.25) is 0 Å². The van der Waals surface area contributed by atoms with E-state index in [1.807, 2.05) is 12.1 Å². The molecule has 1 aromatic carbocycles. The molecule has 0 atom stereocenters. The van der Waals surface area contributed by atoms with Gasteiger partial charge in [-0.1, -0.05) is 31.2 Å². The van der Waals surface area contributed by atoms with Crippen LogP contribution in [-0.4, -0.2) is 18.4 Å². The number of esters is 1. The monoisotopic (exact) mass is 220 g/mol. The first kappa shape index (κ1) is 12.4. The number of ketones is 1. The van der Waals surface area contributed by atoms with E-state index in [1.165, 1.54) is 5.56 Å². The first-order valence-electron chi connectivity index (χ1n) is 5.45. The maximum Gasteiger partial charge on any atom is 0.313 e. The molecule has 0 N–H and O–H groups in total. The van der Waals surface area contributed by atoms with Crippen molar-refractivity contribution in [2.75, 3.05) is 6.61 Å². The number of carbonyl (C=O) groups excluding carboxylic acids is 2. The lowest BCUT2D eigenvalue weighted by molar-refractivity contribution is -0.141. The fourth-order valence-electron chi connectivity index (χ4n) is 1.37. The third kappa shape index (κ3) is 3.50. The highest BCUT2D eigenvalue weighted by atomic mass is 16.5. The Morgan fingerprint density at radius 3 is 2.25 bits per heavy atom. The zero-order valence-corrected chi connectivity index (χ0v) is 9.66. The number of ether oxygens (including phenoxy) is 1. The fourth-order valence-corrected chi connectivity index (χ4v) is 1.37. The average Bonchev–Trinajstić information content (AvgIpc) is 2.29. The van der Waals surface area contributed by atoms with E-state index in [1.54, 1.807) is 19.1 Å². The number of hydrogen-bond acceptors (Lipinski definition) is 3. The van der Waals surface area contributed by atoms with Crippen molar-refractivity contribution in [3.05, 3.63) is 35.4 Å². The standard InChI is InChI=1S/C13H16O3/c1-3-10-5-7-11(8-6-10)12(14)9-13(15)16-4-2/h5-8H,3-4,9H2,1-2H3. The molecule has 0 aliphatic heterocycles. The van der Waals surface area contributed by atoms with Crippen molar-refractivity contribution >= 4 is 11.8 Å². The van der Waals surface area contributed by atoms with Gasteiger partial charge in [0, 0.05) is 5.56 Å². The van der Waals surface area contributed by atoms with Gasteiger partial charge in [0.1, 0.15) is 6.42 Å². The second kappa shape index (κ2) is 6.05. The van der Waals surface area contributed by atoms with E-state index >= 15 is 0 Å². The van der Waals surface area contributed by atoms with Gasteiger partial charge in [-0.05, 0) is 18.9 Å². The Morgan fingerprint density at radius 1 is 1.12 bits per heavy atom. The van der Waals surface area contributed by atoms with E-state index in [4.69, 9.17) is 4.74 Å².